The molecule has 3 rings (SSSR count). The predicted octanol–water partition coefficient (Wildman–Crippen LogP) is 4.39. The standard InChI is InChI=1S/C17H18N4O2S/c1-11(2)13-4-6-14(7-5-13)17-19-8-15(24-17)10-20-12(3)18-9-16(20)21(22)23/h4-9,11H,10H2,1-3H3. The lowest BCUT2D eigenvalue weighted by molar-refractivity contribution is -0.392. The lowest BCUT2D eigenvalue weighted by Crippen LogP contribution is -2.05. The van der Waals surface area contributed by atoms with Gasteiger partial charge in [-0.1, -0.05) is 38.1 Å². The Kier molecular flexibility index (Phi) is 4.44. The van der Waals surface area contributed by atoms with Crippen LogP contribution in [0.4, 0.5) is 5.82 Å². The third-order valence-corrected chi connectivity index (χ3v) is 4.94. The van der Waals surface area contributed by atoms with E-state index in [1.54, 1.807) is 29.0 Å². The molecule has 3 aromatic rings. The number of thiazole rings is 1. The maximum Gasteiger partial charge on any atom is 0.343 e. The van der Waals surface area contributed by atoms with Gasteiger partial charge < -0.3 is 10.1 Å². The highest BCUT2D eigenvalue weighted by molar-refractivity contribution is 7.15. The van der Waals surface area contributed by atoms with E-state index in [9.17, 15) is 10.1 Å². The lowest BCUT2D eigenvalue weighted by Gasteiger charge is -2.05. The molecule has 7 heteroatoms. The van der Waals surface area contributed by atoms with Crippen molar-refractivity contribution < 1.29 is 4.92 Å². The van der Waals surface area contributed by atoms with Gasteiger partial charge in [0, 0.05) is 18.7 Å². The zero-order valence-electron chi connectivity index (χ0n) is 13.8. The van der Waals surface area contributed by atoms with Crippen molar-refractivity contribution >= 4 is 17.2 Å². The Bertz CT molecular complexity index is 865. The summed E-state index contributed by atoms with van der Waals surface area (Å²) >= 11 is 1.55. The highest BCUT2D eigenvalue weighted by Gasteiger charge is 2.18. The highest BCUT2D eigenvalue weighted by atomic mass is 32.1. The van der Waals surface area contributed by atoms with Crippen LogP contribution in [0, 0.1) is 17.0 Å². The largest absolute Gasteiger partial charge is 0.358 e. The number of nitro groups is 1. The van der Waals surface area contributed by atoms with Gasteiger partial charge in [0.15, 0.2) is 5.82 Å². The van der Waals surface area contributed by atoms with E-state index in [4.69, 9.17) is 0 Å². The summed E-state index contributed by atoms with van der Waals surface area (Å²) in [5, 5.41) is 12.0. The Morgan fingerprint density at radius 1 is 1.21 bits per heavy atom. The van der Waals surface area contributed by atoms with Gasteiger partial charge in [0.1, 0.15) is 17.7 Å². The first-order chi connectivity index (χ1) is 11.5. The number of imidazole rings is 1. The summed E-state index contributed by atoms with van der Waals surface area (Å²) in [6, 6.07) is 8.38. The fourth-order valence-electron chi connectivity index (χ4n) is 2.48. The number of aromatic nitrogens is 3. The molecule has 0 unspecified atom stereocenters. The Labute approximate surface area is 144 Å². The minimum atomic E-state index is -0.410. The first-order valence-electron chi connectivity index (χ1n) is 7.67. The van der Waals surface area contributed by atoms with Crippen molar-refractivity contribution in [1.29, 1.82) is 0 Å². The fraction of sp³-hybridized carbons (Fsp3) is 0.294. The molecule has 6 nitrogen and oxygen atoms in total. The van der Waals surface area contributed by atoms with Crippen molar-refractivity contribution in [3.63, 3.8) is 0 Å². The average molecular weight is 342 g/mol. The van der Waals surface area contributed by atoms with Gasteiger partial charge in [0.2, 0.25) is 0 Å². The SMILES string of the molecule is Cc1ncc([N+](=O)[O-])n1Cc1cnc(-c2ccc(C(C)C)cc2)s1. The van der Waals surface area contributed by atoms with Crippen LogP contribution in [0.25, 0.3) is 10.6 Å². The van der Waals surface area contributed by atoms with Gasteiger partial charge in [-0.25, -0.2) is 14.5 Å². The summed E-state index contributed by atoms with van der Waals surface area (Å²) in [7, 11) is 0. The smallest absolute Gasteiger partial charge is 0.343 e. The summed E-state index contributed by atoms with van der Waals surface area (Å²) in [5.74, 6) is 1.12. The zero-order valence-corrected chi connectivity index (χ0v) is 14.6. The van der Waals surface area contributed by atoms with E-state index in [1.807, 2.05) is 0 Å². The molecule has 2 aromatic heterocycles. The number of hydrogen-bond acceptors (Lipinski definition) is 5. The molecule has 0 radical (unpaired) electrons. The van der Waals surface area contributed by atoms with Gasteiger partial charge >= 0.3 is 5.82 Å². The van der Waals surface area contributed by atoms with Crippen LogP contribution in [0.15, 0.2) is 36.7 Å². The summed E-state index contributed by atoms with van der Waals surface area (Å²) in [4.78, 5) is 20.1. The second-order valence-electron chi connectivity index (χ2n) is 5.92. The first-order valence-corrected chi connectivity index (χ1v) is 8.49. The molecule has 0 bridgehead atoms. The fourth-order valence-corrected chi connectivity index (χ4v) is 3.38. The van der Waals surface area contributed by atoms with Gasteiger partial charge in [-0.2, -0.15) is 0 Å². The van der Waals surface area contributed by atoms with Crippen molar-refractivity contribution in [3.8, 4) is 10.6 Å². The van der Waals surface area contributed by atoms with Crippen LogP contribution >= 0.6 is 11.3 Å². The van der Waals surface area contributed by atoms with E-state index in [-0.39, 0.29) is 5.82 Å². The van der Waals surface area contributed by atoms with Gasteiger partial charge in [0.05, 0.1) is 4.88 Å². The van der Waals surface area contributed by atoms with Gasteiger partial charge in [-0.15, -0.1) is 11.3 Å². The molecule has 0 atom stereocenters. The van der Waals surface area contributed by atoms with Crippen molar-refractivity contribution in [2.24, 2.45) is 0 Å². The monoisotopic (exact) mass is 342 g/mol. The lowest BCUT2D eigenvalue weighted by atomic mass is 10.0. The molecular weight excluding hydrogens is 324 g/mol. The Morgan fingerprint density at radius 3 is 2.54 bits per heavy atom. The number of benzene rings is 1. The molecule has 124 valence electrons. The van der Waals surface area contributed by atoms with E-state index < -0.39 is 4.92 Å². The third-order valence-electron chi connectivity index (χ3n) is 3.91. The molecule has 0 saturated carbocycles. The summed E-state index contributed by atoms with van der Waals surface area (Å²) in [6.07, 6.45) is 3.07. The molecule has 0 aliphatic carbocycles. The molecule has 0 saturated heterocycles. The van der Waals surface area contributed by atoms with E-state index >= 15 is 0 Å². The van der Waals surface area contributed by atoms with Gasteiger partial charge in [0.25, 0.3) is 0 Å². The molecule has 0 amide bonds. The van der Waals surface area contributed by atoms with Crippen molar-refractivity contribution in [2.45, 2.75) is 33.2 Å². The molecule has 0 fully saturated rings. The third kappa shape index (κ3) is 3.21. The van der Waals surface area contributed by atoms with Crippen LogP contribution in [0.5, 0.6) is 0 Å². The average Bonchev–Trinajstić information content (AvgIpc) is 3.16. The van der Waals surface area contributed by atoms with Gasteiger partial charge in [-0.05, 0) is 16.4 Å². The van der Waals surface area contributed by atoms with Crippen molar-refractivity contribution in [3.05, 3.63) is 63.0 Å². The van der Waals surface area contributed by atoms with E-state index in [0.29, 0.717) is 18.3 Å². The molecule has 0 aliphatic rings. The molecule has 2 heterocycles. The topological polar surface area (TPSA) is 73.8 Å². The Balaban J connectivity index is 1.84. The minimum absolute atomic E-state index is 0.00346. The molecule has 0 N–H and O–H groups in total. The van der Waals surface area contributed by atoms with Gasteiger partial charge in [-0.3, -0.25) is 0 Å². The highest BCUT2D eigenvalue weighted by Crippen LogP contribution is 2.28. The number of hydrogen-bond donors (Lipinski definition) is 0. The summed E-state index contributed by atoms with van der Waals surface area (Å²) in [5.41, 5.74) is 2.35. The minimum Gasteiger partial charge on any atom is -0.358 e. The normalized spacial score (nSPS) is 11.2. The van der Waals surface area contributed by atoms with E-state index in [0.717, 1.165) is 15.4 Å². The molecule has 1 aromatic carbocycles. The van der Waals surface area contributed by atoms with Crippen LogP contribution in [0.1, 0.15) is 36.0 Å². The van der Waals surface area contributed by atoms with E-state index in [2.05, 4.69) is 48.1 Å². The van der Waals surface area contributed by atoms with Crippen LogP contribution in [-0.2, 0) is 6.54 Å². The first kappa shape index (κ1) is 16.3. The Hall–Kier alpha value is -2.54. The number of aryl methyl sites for hydroxylation is 1. The molecule has 0 aliphatic heterocycles. The number of rotatable bonds is 5. The molecular formula is C17H18N4O2S. The second-order valence-corrected chi connectivity index (χ2v) is 7.03. The summed E-state index contributed by atoms with van der Waals surface area (Å²) < 4.78 is 1.60. The second kappa shape index (κ2) is 6.52. The molecule has 24 heavy (non-hydrogen) atoms. The van der Waals surface area contributed by atoms with Crippen LogP contribution in [0.3, 0.4) is 0 Å². The predicted molar refractivity (Wildman–Crippen MR) is 94.4 cm³/mol. The zero-order chi connectivity index (χ0) is 17.3. The van der Waals surface area contributed by atoms with Crippen molar-refractivity contribution in [1.82, 2.24) is 14.5 Å². The maximum atomic E-state index is 11.1. The summed E-state index contributed by atoms with van der Waals surface area (Å²) in [6.45, 7) is 6.50. The Morgan fingerprint density at radius 2 is 1.92 bits per heavy atom. The van der Waals surface area contributed by atoms with Crippen molar-refractivity contribution in [2.75, 3.05) is 0 Å². The van der Waals surface area contributed by atoms with Crippen LogP contribution in [0.2, 0.25) is 0 Å². The van der Waals surface area contributed by atoms with Crippen LogP contribution in [-0.4, -0.2) is 19.5 Å². The quantitative estimate of drug-likeness (QED) is 0.509. The van der Waals surface area contributed by atoms with Crippen LogP contribution < -0.4 is 0 Å². The maximum absolute atomic E-state index is 11.1. The molecule has 0 spiro atoms. The number of nitrogens with zero attached hydrogens (tertiary/aromatic N) is 4. The van der Waals surface area contributed by atoms with E-state index in [1.165, 1.54) is 11.8 Å².